The van der Waals surface area contributed by atoms with Crippen LogP contribution in [0.1, 0.15) is 38.8 Å². The van der Waals surface area contributed by atoms with Crippen molar-refractivity contribution in [2.24, 2.45) is 11.8 Å². The van der Waals surface area contributed by atoms with Crippen molar-refractivity contribution in [3.8, 4) is 5.88 Å². The number of alkyl halides is 1. The molecule has 1 heterocycles. The molecular weight excluding hydrogens is 236 g/mol. The van der Waals surface area contributed by atoms with Gasteiger partial charge < -0.3 is 4.74 Å². The molecule has 1 aliphatic rings. The van der Waals surface area contributed by atoms with Gasteiger partial charge in [0, 0.05) is 6.07 Å². The Labute approximate surface area is 108 Å². The zero-order valence-electron chi connectivity index (χ0n) is 10.4. The lowest BCUT2D eigenvalue weighted by Crippen LogP contribution is -2.29. The van der Waals surface area contributed by atoms with Crippen molar-refractivity contribution in [2.75, 3.05) is 0 Å². The van der Waals surface area contributed by atoms with E-state index in [4.69, 9.17) is 16.3 Å². The Morgan fingerprint density at radius 3 is 2.65 bits per heavy atom. The van der Waals surface area contributed by atoms with Gasteiger partial charge in [-0.25, -0.2) is 0 Å². The molecular formula is C13H19ClN2O. The molecule has 3 nitrogen and oxygen atoms in total. The molecule has 0 amide bonds. The van der Waals surface area contributed by atoms with Gasteiger partial charge in [0.25, 0.3) is 0 Å². The molecule has 0 spiro atoms. The minimum absolute atomic E-state index is 0.289. The van der Waals surface area contributed by atoms with Crippen LogP contribution in [0.3, 0.4) is 0 Å². The number of hydrogen-bond acceptors (Lipinski definition) is 3. The van der Waals surface area contributed by atoms with Gasteiger partial charge in [-0.05, 0) is 37.2 Å². The van der Waals surface area contributed by atoms with E-state index in [1.54, 1.807) is 0 Å². The average molecular weight is 255 g/mol. The lowest BCUT2D eigenvalue weighted by Gasteiger charge is -2.31. The summed E-state index contributed by atoms with van der Waals surface area (Å²) in [5.41, 5.74) is 0.782. The van der Waals surface area contributed by atoms with E-state index in [9.17, 15) is 0 Å². The molecule has 0 saturated heterocycles. The van der Waals surface area contributed by atoms with Crippen LogP contribution >= 0.6 is 11.6 Å². The van der Waals surface area contributed by atoms with E-state index in [1.807, 2.05) is 12.1 Å². The van der Waals surface area contributed by atoms with Gasteiger partial charge >= 0.3 is 0 Å². The molecule has 0 N–H and O–H groups in total. The van der Waals surface area contributed by atoms with Crippen molar-refractivity contribution in [3.63, 3.8) is 0 Å². The van der Waals surface area contributed by atoms with Crippen molar-refractivity contribution >= 4 is 11.6 Å². The molecule has 3 atom stereocenters. The summed E-state index contributed by atoms with van der Waals surface area (Å²) in [6.45, 7) is 4.61. The second-order valence-corrected chi connectivity index (χ2v) is 5.27. The Kier molecular flexibility index (Phi) is 4.21. The highest BCUT2D eigenvalue weighted by molar-refractivity contribution is 6.16. The average Bonchev–Trinajstić information content (AvgIpc) is 2.35. The van der Waals surface area contributed by atoms with Crippen LogP contribution in [0.15, 0.2) is 12.1 Å². The molecule has 1 aliphatic carbocycles. The maximum atomic E-state index is 5.86. The molecule has 1 aromatic heterocycles. The number of rotatable bonds is 3. The fourth-order valence-electron chi connectivity index (χ4n) is 2.26. The summed E-state index contributed by atoms with van der Waals surface area (Å²) in [6, 6.07) is 3.72. The predicted molar refractivity (Wildman–Crippen MR) is 68.2 cm³/mol. The topological polar surface area (TPSA) is 35.0 Å². The Hall–Kier alpha value is -0.830. The maximum Gasteiger partial charge on any atom is 0.233 e. The summed E-state index contributed by atoms with van der Waals surface area (Å²) in [5.74, 6) is 2.54. The molecule has 1 fully saturated rings. The maximum absolute atomic E-state index is 5.86. The van der Waals surface area contributed by atoms with Crippen LogP contribution in [0.4, 0.5) is 0 Å². The zero-order chi connectivity index (χ0) is 12.3. The highest BCUT2D eigenvalue weighted by Gasteiger charge is 2.25. The molecule has 0 bridgehead atoms. The molecule has 3 unspecified atom stereocenters. The Morgan fingerprint density at radius 1 is 1.24 bits per heavy atom. The molecule has 17 heavy (non-hydrogen) atoms. The quantitative estimate of drug-likeness (QED) is 0.776. The lowest BCUT2D eigenvalue weighted by molar-refractivity contribution is 0.0954. The van der Waals surface area contributed by atoms with Crippen LogP contribution in [0, 0.1) is 11.8 Å². The molecule has 94 valence electrons. The normalized spacial score (nSPS) is 29.0. The number of halogens is 1. The highest BCUT2D eigenvalue weighted by Crippen LogP contribution is 2.31. The summed E-state index contributed by atoms with van der Waals surface area (Å²) < 4.78 is 5.86. The van der Waals surface area contributed by atoms with Gasteiger partial charge in [-0.3, -0.25) is 0 Å². The largest absolute Gasteiger partial charge is 0.473 e. The Morgan fingerprint density at radius 2 is 2.06 bits per heavy atom. The zero-order valence-corrected chi connectivity index (χ0v) is 11.2. The van der Waals surface area contributed by atoms with E-state index in [1.165, 1.54) is 6.42 Å². The standard InChI is InChI=1S/C13H19ClN2O/c1-9-3-5-12(7-10(9)2)17-13-6-4-11(8-14)15-16-13/h4,6,9-10,12H,3,5,7-8H2,1-2H3. The van der Waals surface area contributed by atoms with Crippen molar-refractivity contribution in [3.05, 3.63) is 17.8 Å². The summed E-state index contributed by atoms with van der Waals surface area (Å²) in [6.07, 6.45) is 3.75. The third kappa shape index (κ3) is 3.32. The molecule has 0 aliphatic heterocycles. The first kappa shape index (κ1) is 12.6. The van der Waals surface area contributed by atoms with Crippen molar-refractivity contribution in [1.82, 2.24) is 10.2 Å². The molecule has 0 aromatic carbocycles. The minimum atomic E-state index is 0.289. The predicted octanol–water partition coefficient (Wildman–Crippen LogP) is 3.42. The van der Waals surface area contributed by atoms with Crippen LogP contribution in [-0.4, -0.2) is 16.3 Å². The van der Waals surface area contributed by atoms with Gasteiger partial charge in [0.05, 0.1) is 11.6 Å². The second kappa shape index (κ2) is 5.67. The number of nitrogens with zero attached hydrogens (tertiary/aromatic N) is 2. The van der Waals surface area contributed by atoms with E-state index in [0.717, 1.165) is 30.4 Å². The van der Waals surface area contributed by atoms with E-state index in [-0.39, 0.29) is 6.10 Å². The van der Waals surface area contributed by atoms with E-state index < -0.39 is 0 Å². The molecule has 1 saturated carbocycles. The fraction of sp³-hybridized carbons (Fsp3) is 0.692. The first-order valence-corrected chi connectivity index (χ1v) is 6.77. The molecule has 2 rings (SSSR count). The summed E-state index contributed by atoms with van der Waals surface area (Å²) in [5, 5.41) is 8.02. The van der Waals surface area contributed by atoms with E-state index in [2.05, 4.69) is 24.0 Å². The van der Waals surface area contributed by atoms with Crippen LogP contribution in [0.25, 0.3) is 0 Å². The van der Waals surface area contributed by atoms with Gasteiger partial charge in [-0.1, -0.05) is 13.8 Å². The van der Waals surface area contributed by atoms with Crippen LogP contribution < -0.4 is 4.74 Å². The first-order valence-electron chi connectivity index (χ1n) is 6.24. The van der Waals surface area contributed by atoms with Gasteiger partial charge in [-0.2, -0.15) is 5.10 Å². The third-order valence-electron chi connectivity index (χ3n) is 3.67. The number of ether oxygens (including phenoxy) is 1. The van der Waals surface area contributed by atoms with Gasteiger partial charge in [0.15, 0.2) is 0 Å². The van der Waals surface area contributed by atoms with Gasteiger partial charge in [-0.15, -0.1) is 16.7 Å². The number of hydrogen-bond donors (Lipinski definition) is 0. The fourth-order valence-corrected chi connectivity index (χ4v) is 2.40. The third-order valence-corrected chi connectivity index (χ3v) is 3.94. The summed E-state index contributed by atoms with van der Waals surface area (Å²) in [4.78, 5) is 0. The second-order valence-electron chi connectivity index (χ2n) is 5.00. The van der Waals surface area contributed by atoms with Crippen molar-refractivity contribution < 1.29 is 4.74 Å². The summed E-state index contributed by atoms with van der Waals surface area (Å²) >= 11 is 5.66. The van der Waals surface area contributed by atoms with Crippen molar-refractivity contribution in [2.45, 2.75) is 45.1 Å². The Bertz CT molecular complexity index is 355. The minimum Gasteiger partial charge on any atom is -0.473 e. The molecule has 1 aromatic rings. The van der Waals surface area contributed by atoms with Crippen LogP contribution in [0.5, 0.6) is 5.88 Å². The molecule has 0 radical (unpaired) electrons. The van der Waals surface area contributed by atoms with Gasteiger partial charge in [0.1, 0.15) is 6.10 Å². The van der Waals surface area contributed by atoms with Crippen LogP contribution in [0.2, 0.25) is 0 Å². The van der Waals surface area contributed by atoms with Gasteiger partial charge in [0.2, 0.25) is 5.88 Å². The Balaban J connectivity index is 1.92. The van der Waals surface area contributed by atoms with Crippen LogP contribution in [-0.2, 0) is 5.88 Å². The SMILES string of the molecule is CC1CCC(Oc2ccc(CCl)nn2)CC1C. The van der Waals surface area contributed by atoms with Crippen molar-refractivity contribution in [1.29, 1.82) is 0 Å². The first-order chi connectivity index (χ1) is 8.19. The highest BCUT2D eigenvalue weighted by atomic mass is 35.5. The molecule has 4 heteroatoms. The van der Waals surface area contributed by atoms with E-state index in [0.29, 0.717) is 11.8 Å². The van der Waals surface area contributed by atoms with E-state index >= 15 is 0 Å². The number of aromatic nitrogens is 2. The lowest BCUT2D eigenvalue weighted by atomic mass is 9.80. The monoisotopic (exact) mass is 254 g/mol. The smallest absolute Gasteiger partial charge is 0.233 e. The summed E-state index contributed by atoms with van der Waals surface area (Å²) in [7, 11) is 0.